The van der Waals surface area contributed by atoms with E-state index in [0.717, 1.165) is 6.42 Å². The molecule has 0 N–H and O–H groups in total. The number of nitriles is 1. The predicted molar refractivity (Wildman–Crippen MR) is 52.2 cm³/mol. The van der Waals surface area contributed by atoms with Gasteiger partial charge in [0, 0.05) is 0 Å². The smallest absolute Gasteiger partial charge is 0.158 e. The van der Waals surface area contributed by atoms with Crippen molar-refractivity contribution >= 4 is 5.69 Å². The standard InChI is InChI=1S/C11H11FN2/c12-14(10-5-2-1-3-6-10)11(9-13)7-4-8-11/h1-3,5-6H,4,7-8H2. The Kier molecular flexibility index (Phi) is 2.12. The number of rotatable bonds is 2. The Morgan fingerprint density at radius 3 is 2.36 bits per heavy atom. The highest BCUT2D eigenvalue weighted by Gasteiger charge is 2.44. The number of benzene rings is 1. The third kappa shape index (κ3) is 1.24. The highest BCUT2D eigenvalue weighted by atomic mass is 19.2. The van der Waals surface area contributed by atoms with Gasteiger partial charge in [0.05, 0.1) is 11.8 Å². The van der Waals surface area contributed by atoms with Crippen LogP contribution in [0, 0.1) is 11.3 Å². The van der Waals surface area contributed by atoms with Crippen molar-refractivity contribution < 1.29 is 4.48 Å². The topological polar surface area (TPSA) is 27.0 Å². The van der Waals surface area contributed by atoms with Gasteiger partial charge < -0.3 is 0 Å². The molecule has 0 aliphatic heterocycles. The molecule has 2 rings (SSSR count). The number of anilines is 1. The monoisotopic (exact) mass is 190 g/mol. The first-order valence-electron chi connectivity index (χ1n) is 4.71. The molecule has 3 heteroatoms. The van der Waals surface area contributed by atoms with Gasteiger partial charge in [-0.15, -0.1) is 0 Å². The van der Waals surface area contributed by atoms with Crippen LogP contribution in [0.25, 0.3) is 0 Å². The summed E-state index contributed by atoms with van der Waals surface area (Å²) in [6, 6.07) is 10.8. The van der Waals surface area contributed by atoms with Gasteiger partial charge in [0.2, 0.25) is 0 Å². The number of hydrogen-bond acceptors (Lipinski definition) is 2. The third-order valence-corrected chi connectivity index (χ3v) is 2.75. The minimum atomic E-state index is -0.901. The van der Waals surface area contributed by atoms with Crippen molar-refractivity contribution in [3.05, 3.63) is 30.3 Å². The van der Waals surface area contributed by atoms with E-state index in [9.17, 15) is 4.48 Å². The van der Waals surface area contributed by atoms with Gasteiger partial charge in [-0.2, -0.15) is 10.4 Å². The van der Waals surface area contributed by atoms with E-state index in [-0.39, 0.29) is 0 Å². The number of nitrogens with zero attached hydrogens (tertiary/aromatic N) is 2. The quantitative estimate of drug-likeness (QED) is 0.670. The third-order valence-electron chi connectivity index (χ3n) is 2.75. The Labute approximate surface area is 82.5 Å². The van der Waals surface area contributed by atoms with Gasteiger partial charge in [-0.05, 0) is 31.4 Å². The molecule has 0 aromatic heterocycles. The van der Waals surface area contributed by atoms with Gasteiger partial charge in [0.15, 0.2) is 5.54 Å². The lowest BCUT2D eigenvalue weighted by atomic mass is 9.77. The molecule has 0 radical (unpaired) electrons. The number of halogens is 1. The first-order chi connectivity index (χ1) is 6.78. The first-order valence-corrected chi connectivity index (χ1v) is 4.71. The molecule has 0 saturated heterocycles. The summed E-state index contributed by atoms with van der Waals surface area (Å²) < 4.78 is 13.8. The molecular formula is C11H11FN2. The fraction of sp³-hybridized carbons (Fsp3) is 0.364. The van der Waals surface area contributed by atoms with Crippen molar-refractivity contribution in [3.8, 4) is 6.07 Å². The summed E-state index contributed by atoms with van der Waals surface area (Å²) in [7, 11) is 0. The van der Waals surface area contributed by atoms with E-state index in [2.05, 4.69) is 6.07 Å². The van der Waals surface area contributed by atoms with Crippen LogP contribution in [0.15, 0.2) is 30.3 Å². The van der Waals surface area contributed by atoms with Crippen molar-refractivity contribution in [2.45, 2.75) is 24.8 Å². The second kappa shape index (κ2) is 3.30. The Bertz CT molecular complexity index is 351. The molecule has 0 amide bonds. The first kappa shape index (κ1) is 9.01. The fourth-order valence-corrected chi connectivity index (χ4v) is 1.67. The van der Waals surface area contributed by atoms with Gasteiger partial charge in [-0.25, -0.2) is 0 Å². The molecule has 1 aromatic carbocycles. The van der Waals surface area contributed by atoms with Crippen LogP contribution >= 0.6 is 0 Å². The zero-order chi connectivity index (χ0) is 10.0. The summed E-state index contributed by atoms with van der Waals surface area (Å²) in [6.45, 7) is 0. The van der Waals surface area contributed by atoms with E-state index in [1.807, 2.05) is 6.07 Å². The molecular weight excluding hydrogens is 179 g/mol. The van der Waals surface area contributed by atoms with Crippen LogP contribution in [0.1, 0.15) is 19.3 Å². The number of hydrogen-bond donors (Lipinski definition) is 0. The summed E-state index contributed by atoms with van der Waals surface area (Å²) in [5.74, 6) is 0. The van der Waals surface area contributed by atoms with E-state index < -0.39 is 5.54 Å². The minimum Gasteiger partial charge on any atom is -0.196 e. The molecule has 0 heterocycles. The zero-order valence-corrected chi connectivity index (χ0v) is 7.78. The van der Waals surface area contributed by atoms with E-state index in [1.165, 1.54) is 0 Å². The highest BCUT2D eigenvalue weighted by molar-refractivity contribution is 5.49. The van der Waals surface area contributed by atoms with Crippen LogP contribution in [-0.2, 0) is 0 Å². The van der Waals surface area contributed by atoms with Gasteiger partial charge >= 0.3 is 0 Å². The lowest BCUT2D eigenvalue weighted by molar-refractivity contribution is 0.209. The van der Waals surface area contributed by atoms with Crippen LogP contribution in [0.2, 0.25) is 0 Å². The van der Waals surface area contributed by atoms with E-state index in [0.29, 0.717) is 23.7 Å². The van der Waals surface area contributed by atoms with Crippen LogP contribution in [0.5, 0.6) is 0 Å². The van der Waals surface area contributed by atoms with E-state index >= 15 is 0 Å². The van der Waals surface area contributed by atoms with Gasteiger partial charge in [-0.3, -0.25) is 0 Å². The van der Waals surface area contributed by atoms with Crippen LogP contribution in [0.4, 0.5) is 10.2 Å². The Morgan fingerprint density at radius 1 is 1.29 bits per heavy atom. The fourth-order valence-electron chi connectivity index (χ4n) is 1.67. The van der Waals surface area contributed by atoms with Crippen LogP contribution in [-0.4, -0.2) is 5.54 Å². The Morgan fingerprint density at radius 2 is 1.93 bits per heavy atom. The summed E-state index contributed by atoms with van der Waals surface area (Å²) >= 11 is 0. The van der Waals surface area contributed by atoms with Gasteiger partial charge in [0.1, 0.15) is 0 Å². The highest BCUT2D eigenvalue weighted by Crippen LogP contribution is 2.40. The molecule has 1 aliphatic carbocycles. The maximum atomic E-state index is 13.8. The molecule has 72 valence electrons. The molecule has 2 nitrogen and oxygen atoms in total. The van der Waals surface area contributed by atoms with Crippen molar-refractivity contribution in [1.82, 2.24) is 0 Å². The molecule has 14 heavy (non-hydrogen) atoms. The molecule has 0 atom stereocenters. The van der Waals surface area contributed by atoms with Crippen LogP contribution < -0.4 is 5.12 Å². The molecule has 0 bridgehead atoms. The molecule has 0 spiro atoms. The van der Waals surface area contributed by atoms with Crippen LogP contribution in [0.3, 0.4) is 0 Å². The molecule has 1 aliphatic rings. The van der Waals surface area contributed by atoms with Gasteiger partial charge in [-0.1, -0.05) is 22.7 Å². The molecule has 1 fully saturated rings. The lowest BCUT2D eigenvalue weighted by Crippen LogP contribution is -2.48. The Hall–Kier alpha value is -1.56. The predicted octanol–water partition coefficient (Wildman–Crippen LogP) is 2.82. The van der Waals surface area contributed by atoms with Crippen molar-refractivity contribution in [2.24, 2.45) is 0 Å². The van der Waals surface area contributed by atoms with E-state index in [4.69, 9.17) is 5.26 Å². The average molecular weight is 190 g/mol. The molecule has 0 unspecified atom stereocenters. The maximum absolute atomic E-state index is 13.8. The number of para-hydroxylation sites is 1. The minimum absolute atomic E-state index is 0.466. The Balaban J connectivity index is 2.24. The summed E-state index contributed by atoms with van der Waals surface area (Å²) in [6.07, 6.45) is 2.17. The second-order valence-corrected chi connectivity index (χ2v) is 3.61. The molecule has 1 aromatic rings. The second-order valence-electron chi connectivity index (χ2n) is 3.61. The van der Waals surface area contributed by atoms with Gasteiger partial charge in [0.25, 0.3) is 0 Å². The largest absolute Gasteiger partial charge is 0.196 e. The summed E-state index contributed by atoms with van der Waals surface area (Å²) in [4.78, 5) is 0. The summed E-state index contributed by atoms with van der Waals surface area (Å²) in [5, 5.41) is 9.54. The lowest BCUT2D eigenvalue weighted by Gasteiger charge is -2.40. The van der Waals surface area contributed by atoms with Crippen molar-refractivity contribution in [1.29, 1.82) is 5.26 Å². The SMILES string of the molecule is N#CC1(N(F)c2ccccc2)CCC1. The van der Waals surface area contributed by atoms with Crippen molar-refractivity contribution in [3.63, 3.8) is 0 Å². The van der Waals surface area contributed by atoms with E-state index in [1.54, 1.807) is 24.3 Å². The summed E-state index contributed by atoms with van der Waals surface area (Å²) in [5.41, 5.74) is -0.435. The van der Waals surface area contributed by atoms with Crippen molar-refractivity contribution in [2.75, 3.05) is 5.12 Å². The zero-order valence-electron chi connectivity index (χ0n) is 7.78. The normalized spacial score (nSPS) is 18.0. The maximum Gasteiger partial charge on any atom is 0.158 e. The average Bonchev–Trinajstić information content (AvgIpc) is 2.18. The molecule has 1 saturated carbocycles.